The summed E-state index contributed by atoms with van der Waals surface area (Å²) in [5.41, 5.74) is 5.03. The fourth-order valence-electron chi connectivity index (χ4n) is 1.14. The first-order valence-corrected chi connectivity index (χ1v) is 5.04. The van der Waals surface area contributed by atoms with Crippen LogP contribution in [0.5, 0.6) is 0 Å². The van der Waals surface area contributed by atoms with Gasteiger partial charge < -0.3 is 10.5 Å². The molecule has 0 fully saturated rings. The second kappa shape index (κ2) is 4.45. The van der Waals surface area contributed by atoms with Crippen molar-refractivity contribution < 1.29 is 15.3 Å². The third kappa shape index (κ3) is 3.72. The highest BCUT2D eigenvalue weighted by molar-refractivity contribution is 5.89. The molecule has 3 N–H and O–H groups in total. The van der Waals surface area contributed by atoms with Gasteiger partial charge in [-0.15, -0.1) is 0 Å². The summed E-state index contributed by atoms with van der Waals surface area (Å²) in [6.07, 6.45) is 0. The standard InChI is InChI=1S/C12H17NO2/c1-12(2,3)15-11(14)10-6-4-9(8-13)5-7-10/h4-7H,8,13H2,1-3H3/p+1. The number of ether oxygens (including phenoxy) is 1. The van der Waals surface area contributed by atoms with Crippen molar-refractivity contribution in [2.45, 2.75) is 32.9 Å². The Kier molecular flexibility index (Phi) is 3.48. The largest absolute Gasteiger partial charge is 0.456 e. The Morgan fingerprint density at radius 1 is 1.27 bits per heavy atom. The Morgan fingerprint density at radius 2 is 1.80 bits per heavy atom. The summed E-state index contributed by atoms with van der Waals surface area (Å²) in [7, 11) is 0. The first-order valence-electron chi connectivity index (χ1n) is 5.04. The maximum atomic E-state index is 11.6. The number of hydrogen-bond donors (Lipinski definition) is 1. The topological polar surface area (TPSA) is 53.9 Å². The minimum absolute atomic E-state index is 0.280. The van der Waals surface area contributed by atoms with Crippen LogP contribution in [-0.4, -0.2) is 11.6 Å². The second-order valence-corrected chi connectivity index (χ2v) is 4.45. The molecule has 0 radical (unpaired) electrons. The summed E-state index contributed by atoms with van der Waals surface area (Å²) in [5.74, 6) is -0.280. The molecular formula is C12H18NO2+. The fourth-order valence-corrected chi connectivity index (χ4v) is 1.14. The molecule has 0 aromatic heterocycles. The second-order valence-electron chi connectivity index (χ2n) is 4.45. The zero-order valence-electron chi connectivity index (χ0n) is 9.54. The molecule has 0 spiro atoms. The Bertz CT molecular complexity index is 336. The first-order chi connectivity index (χ1) is 6.92. The van der Waals surface area contributed by atoms with Gasteiger partial charge in [-0.25, -0.2) is 4.79 Å². The number of rotatable bonds is 2. The number of quaternary nitrogens is 1. The van der Waals surface area contributed by atoms with E-state index in [0.717, 1.165) is 12.1 Å². The average molecular weight is 208 g/mol. The zero-order chi connectivity index (χ0) is 11.5. The minimum atomic E-state index is -0.442. The van der Waals surface area contributed by atoms with E-state index in [1.165, 1.54) is 0 Å². The molecule has 0 saturated carbocycles. The van der Waals surface area contributed by atoms with Gasteiger partial charge in [0.05, 0.1) is 12.1 Å². The van der Waals surface area contributed by atoms with Crippen molar-refractivity contribution >= 4 is 5.97 Å². The number of hydrogen-bond acceptors (Lipinski definition) is 2. The molecule has 0 bridgehead atoms. The molecule has 0 aliphatic carbocycles. The molecule has 0 heterocycles. The third-order valence-corrected chi connectivity index (χ3v) is 1.88. The lowest BCUT2D eigenvalue weighted by Crippen LogP contribution is -2.47. The monoisotopic (exact) mass is 208 g/mol. The van der Waals surface area contributed by atoms with Crippen LogP contribution in [0.1, 0.15) is 36.7 Å². The van der Waals surface area contributed by atoms with E-state index < -0.39 is 5.60 Å². The van der Waals surface area contributed by atoms with Crippen LogP contribution in [0, 0.1) is 0 Å². The number of carbonyl (C=O) groups is 1. The minimum Gasteiger partial charge on any atom is -0.456 e. The Hall–Kier alpha value is -1.35. The molecule has 1 rings (SSSR count). The molecule has 15 heavy (non-hydrogen) atoms. The smallest absolute Gasteiger partial charge is 0.338 e. The summed E-state index contributed by atoms with van der Waals surface area (Å²) in [6.45, 7) is 6.30. The van der Waals surface area contributed by atoms with Gasteiger partial charge in [0.1, 0.15) is 5.60 Å². The highest BCUT2D eigenvalue weighted by Gasteiger charge is 2.17. The molecule has 0 atom stereocenters. The van der Waals surface area contributed by atoms with E-state index in [9.17, 15) is 4.79 Å². The summed E-state index contributed by atoms with van der Waals surface area (Å²) >= 11 is 0. The number of esters is 1. The van der Waals surface area contributed by atoms with E-state index in [1.54, 1.807) is 12.1 Å². The quantitative estimate of drug-likeness (QED) is 0.746. The van der Waals surface area contributed by atoms with Crippen LogP contribution in [0.2, 0.25) is 0 Å². The molecule has 82 valence electrons. The number of carbonyl (C=O) groups excluding carboxylic acids is 1. The lowest BCUT2D eigenvalue weighted by molar-refractivity contribution is -0.386. The van der Waals surface area contributed by atoms with Crippen molar-refractivity contribution in [2.24, 2.45) is 0 Å². The molecule has 0 saturated heterocycles. The molecule has 3 heteroatoms. The fraction of sp³-hybridized carbons (Fsp3) is 0.417. The van der Waals surface area contributed by atoms with Crippen molar-refractivity contribution in [3.63, 3.8) is 0 Å². The Morgan fingerprint density at radius 3 is 2.20 bits per heavy atom. The van der Waals surface area contributed by atoms with Gasteiger partial charge in [0.15, 0.2) is 0 Å². The summed E-state index contributed by atoms with van der Waals surface area (Å²) < 4.78 is 5.24. The molecular weight excluding hydrogens is 190 g/mol. The van der Waals surface area contributed by atoms with Gasteiger partial charge in [0.2, 0.25) is 0 Å². The van der Waals surface area contributed by atoms with E-state index in [-0.39, 0.29) is 5.97 Å². The van der Waals surface area contributed by atoms with Crippen LogP contribution in [0.4, 0.5) is 0 Å². The van der Waals surface area contributed by atoms with Gasteiger partial charge in [0, 0.05) is 5.56 Å². The van der Waals surface area contributed by atoms with Gasteiger partial charge in [-0.05, 0) is 32.9 Å². The molecule has 0 unspecified atom stereocenters. The molecule has 0 aliphatic heterocycles. The third-order valence-electron chi connectivity index (χ3n) is 1.88. The van der Waals surface area contributed by atoms with E-state index in [0.29, 0.717) is 5.56 Å². The van der Waals surface area contributed by atoms with E-state index in [1.807, 2.05) is 32.9 Å². The van der Waals surface area contributed by atoms with Crippen molar-refractivity contribution in [1.82, 2.24) is 0 Å². The number of benzene rings is 1. The SMILES string of the molecule is CC(C)(C)OC(=O)c1ccc(C[NH3+])cc1. The van der Waals surface area contributed by atoms with Crippen LogP contribution in [0.25, 0.3) is 0 Å². The Labute approximate surface area is 90.2 Å². The van der Waals surface area contributed by atoms with Crippen molar-refractivity contribution in [2.75, 3.05) is 0 Å². The lowest BCUT2D eigenvalue weighted by atomic mass is 10.1. The summed E-state index contributed by atoms with van der Waals surface area (Å²) in [4.78, 5) is 11.6. The first kappa shape index (κ1) is 11.7. The maximum Gasteiger partial charge on any atom is 0.338 e. The van der Waals surface area contributed by atoms with E-state index in [4.69, 9.17) is 4.74 Å². The van der Waals surface area contributed by atoms with Crippen molar-refractivity contribution in [3.05, 3.63) is 35.4 Å². The zero-order valence-corrected chi connectivity index (χ0v) is 9.54. The lowest BCUT2D eigenvalue weighted by Gasteiger charge is -2.19. The molecule has 0 amide bonds. The molecule has 0 aliphatic rings. The highest BCUT2D eigenvalue weighted by atomic mass is 16.6. The average Bonchev–Trinajstić information content (AvgIpc) is 2.15. The normalized spacial score (nSPS) is 11.2. The van der Waals surface area contributed by atoms with Crippen LogP contribution in [0.3, 0.4) is 0 Å². The predicted molar refractivity (Wildman–Crippen MR) is 58.2 cm³/mol. The highest BCUT2D eigenvalue weighted by Crippen LogP contribution is 2.12. The van der Waals surface area contributed by atoms with Gasteiger partial charge in [0.25, 0.3) is 0 Å². The van der Waals surface area contributed by atoms with Crippen molar-refractivity contribution in [3.8, 4) is 0 Å². The van der Waals surface area contributed by atoms with Crippen LogP contribution in [-0.2, 0) is 11.3 Å². The molecule has 1 aromatic rings. The molecule has 1 aromatic carbocycles. The van der Waals surface area contributed by atoms with Gasteiger partial charge in [-0.2, -0.15) is 0 Å². The van der Waals surface area contributed by atoms with E-state index >= 15 is 0 Å². The van der Waals surface area contributed by atoms with Gasteiger partial charge in [-0.1, -0.05) is 12.1 Å². The van der Waals surface area contributed by atoms with Gasteiger partial charge >= 0.3 is 5.97 Å². The predicted octanol–water partition coefficient (Wildman–Crippen LogP) is 1.38. The van der Waals surface area contributed by atoms with Crippen LogP contribution in [0.15, 0.2) is 24.3 Å². The van der Waals surface area contributed by atoms with Crippen LogP contribution < -0.4 is 5.73 Å². The Balaban J connectivity index is 2.75. The summed E-state index contributed by atoms with van der Waals surface area (Å²) in [6, 6.07) is 7.34. The van der Waals surface area contributed by atoms with E-state index in [2.05, 4.69) is 5.73 Å². The summed E-state index contributed by atoms with van der Waals surface area (Å²) in [5, 5.41) is 0. The van der Waals surface area contributed by atoms with Gasteiger partial charge in [-0.3, -0.25) is 0 Å². The maximum absolute atomic E-state index is 11.6. The molecule has 3 nitrogen and oxygen atoms in total. The van der Waals surface area contributed by atoms with Crippen molar-refractivity contribution in [1.29, 1.82) is 0 Å². The van der Waals surface area contributed by atoms with Crippen LogP contribution >= 0.6 is 0 Å².